The van der Waals surface area contributed by atoms with Crippen LogP contribution in [0.2, 0.25) is 0 Å². The standard InChI is InChI=1S/C12H17BrO4/c13-5-1-9-12(16-9)4-8-6(14)2-10-11(17-10)3-7(5)15-8/h5-12,14H,1-4H2/t5-,6-,7+,8+,9+,10+,11-,12-/m0/s1. The maximum Gasteiger partial charge on any atom is 0.0868 e. The molecule has 0 saturated carbocycles. The maximum absolute atomic E-state index is 10.2. The molecule has 4 saturated heterocycles. The van der Waals surface area contributed by atoms with Gasteiger partial charge in [-0.05, 0) is 6.42 Å². The second kappa shape index (κ2) is 3.90. The lowest BCUT2D eigenvalue weighted by molar-refractivity contribution is -0.0932. The number of alkyl halides is 1. The van der Waals surface area contributed by atoms with Crippen LogP contribution in [0, 0.1) is 0 Å². The summed E-state index contributed by atoms with van der Waals surface area (Å²) in [6.07, 6.45) is 4.38. The summed E-state index contributed by atoms with van der Waals surface area (Å²) >= 11 is 3.71. The van der Waals surface area contributed by atoms with E-state index in [0.717, 1.165) is 19.3 Å². The Kier molecular flexibility index (Phi) is 2.57. The molecule has 4 heterocycles. The van der Waals surface area contributed by atoms with Gasteiger partial charge in [0.1, 0.15) is 0 Å². The molecule has 0 amide bonds. The van der Waals surface area contributed by atoms with Gasteiger partial charge in [-0.25, -0.2) is 0 Å². The van der Waals surface area contributed by atoms with Gasteiger partial charge in [0.2, 0.25) is 0 Å². The van der Waals surface area contributed by atoms with Crippen molar-refractivity contribution in [2.75, 3.05) is 0 Å². The second-order valence-corrected chi connectivity index (χ2v) is 6.84. The molecule has 0 aliphatic carbocycles. The van der Waals surface area contributed by atoms with Crippen molar-refractivity contribution in [2.24, 2.45) is 0 Å². The van der Waals surface area contributed by atoms with Crippen molar-refractivity contribution in [3.63, 3.8) is 0 Å². The lowest BCUT2D eigenvalue weighted by atomic mass is 9.93. The van der Waals surface area contributed by atoms with Crippen LogP contribution in [0.4, 0.5) is 0 Å². The summed E-state index contributed by atoms with van der Waals surface area (Å²) in [6, 6.07) is 0. The van der Waals surface area contributed by atoms with Gasteiger partial charge in [-0.1, -0.05) is 15.9 Å². The number of halogens is 1. The minimum atomic E-state index is -0.407. The summed E-state index contributed by atoms with van der Waals surface area (Å²) in [6.45, 7) is 0. The van der Waals surface area contributed by atoms with Crippen LogP contribution >= 0.6 is 15.9 Å². The van der Waals surface area contributed by atoms with Gasteiger partial charge in [-0.2, -0.15) is 0 Å². The first-order valence-corrected chi connectivity index (χ1v) is 7.41. The van der Waals surface area contributed by atoms with Crippen LogP contribution in [0.1, 0.15) is 25.7 Å². The first-order valence-electron chi connectivity index (χ1n) is 6.49. The summed E-state index contributed by atoms with van der Waals surface area (Å²) in [5, 5.41) is 10.2. The van der Waals surface area contributed by atoms with Crippen LogP contribution < -0.4 is 0 Å². The van der Waals surface area contributed by atoms with E-state index in [1.165, 1.54) is 0 Å². The van der Waals surface area contributed by atoms with Crippen molar-refractivity contribution < 1.29 is 19.3 Å². The highest BCUT2D eigenvalue weighted by atomic mass is 79.9. The van der Waals surface area contributed by atoms with Crippen LogP contribution in [0.15, 0.2) is 0 Å². The highest BCUT2D eigenvalue weighted by Crippen LogP contribution is 2.43. The number of hydrogen-bond donors (Lipinski definition) is 1. The van der Waals surface area contributed by atoms with Gasteiger partial charge in [0.15, 0.2) is 0 Å². The molecule has 0 spiro atoms. The summed E-state index contributed by atoms with van der Waals surface area (Å²) in [5.74, 6) is 0. The molecule has 96 valence electrons. The lowest BCUT2D eigenvalue weighted by Crippen LogP contribution is -2.42. The number of fused-ring (bicyclic) bond motifs is 4. The number of aliphatic hydroxyl groups is 1. The molecule has 0 aromatic heterocycles. The summed E-state index contributed by atoms with van der Waals surface area (Å²) in [7, 11) is 0. The topological polar surface area (TPSA) is 54.5 Å². The molecule has 0 aromatic rings. The molecule has 4 fully saturated rings. The molecule has 8 atom stereocenters. The van der Waals surface area contributed by atoms with E-state index in [1.807, 2.05) is 0 Å². The minimum Gasteiger partial charge on any atom is -0.390 e. The lowest BCUT2D eigenvalue weighted by Gasteiger charge is -2.33. The van der Waals surface area contributed by atoms with Crippen LogP contribution in [-0.2, 0) is 14.2 Å². The number of rotatable bonds is 0. The number of epoxide rings is 2. The van der Waals surface area contributed by atoms with Crippen LogP contribution in [-0.4, -0.2) is 52.7 Å². The van der Waals surface area contributed by atoms with Crippen LogP contribution in [0.5, 0.6) is 0 Å². The summed E-state index contributed by atoms with van der Waals surface area (Å²) < 4.78 is 17.3. The van der Waals surface area contributed by atoms with E-state index < -0.39 is 6.10 Å². The molecule has 2 bridgehead atoms. The monoisotopic (exact) mass is 304 g/mol. The van der Waals surface area contributed by atoms with Gasteiger partial charge in [-0.15, -0.1) is 0 Å². The average Bonchev–Trinajstić information content (AvgIpc) is 3.13. The Balaban J connectivity index is 1.57. The van der Waals surface area contributed by atoms with Crippen molar-refractivity contribution in [3.05, 3.63) is 0 Å². The highest BCUT2D eigenvalue weighted by Gasteiger charge is 2.52. The van der Waals surface area contributed by atoms with Gasteiger partial charge in [0.05, 0.1) is 42.7 Å². The fourth-order valence-electron chi connectivity index (χ4n) is 3.23. The van der Waals surface area contributed by atoms with Crippen molar-refractivity contribution in [3.8, 4) is 0 Å². The van der Waals surface area contributed by atoms with Crippen LogP contribution in [0.25, 0.3) is 0 Å². The van der Waals surface area contributed by atoms with Gasteiger partial charge >= 0.3 is 0 Å². The van der Waals surface area contributed by atoms with Crippen molar-refractivity contribution in [1.29, 1.82) is 0 Å². The normalized spacial score (nSPS) is 61.1. The maximum atomic E-state index is 10.2. The van der Waals surface area contributed by atoms with Gasteiger partial charge in [-0.3, -0.25) is 0 Å². The Morgan fingerprint density at radius 1 is 0.706 bits per heavy atom. The van der Waals surface area contributed by atoms with E-state index in [9.17, 15) is 5.11 Å². The molecule has 4 aliphatic heterocycles. The molecule has 4 nitrogen and oxygen atoms in total. The number of ether oxygens (including phenoxy) is 3. The van der Waals surface area contributed by atoms with Crippen LogP contribution in [0.3, 0.4) is 0 Å². The first kappa shape index (κ1) is 11.2. The molecule has 1 N–H and O–H groups in total. The van der Waals surface area contributed by atoms with E-state index in [2.05, 4.69) is 15.9 Å². The minimum absolute atomic E-state index is 0.0829. The molecule has 0 unspecified atom stereocenters. The predicted octanol–water partition coefficient (Wildman–Crippen LogP) is 0.987. The largest absolute Gasteiger partial charge is 0.390 e. The third kappa shape index (κ3) is 2.06. The fourth-order valence-corrected chi connectivity index (χ4v) is 3.93. The zero-order valence-corrected chi connectivity index (χ0v) is 11.1. The number of hydrogen-bond acceptors (Lipinski definition) is 4. The number of aliphatic hydroxyl groups excluding tert-OH is 1. The predicted molar refractivity (Wildman–Crippen MR) is 63.2 cm³/mol. The zero-order valence-electron chi connectivity index (χ0n) is 9.50. The fraction of sp³-hybridized carbons (Fsp3) is 1.00. The first-order chi connectivity index (χ1) is 8.20. The van der Waals surface area contributed by atoms with Crippen molar-refractivity contribution in [2.45, 2.75) is 73.2 Å². The summed E-state index contributed by atoms with van der Waals surface area (Å²) in [5.41, 5.74) is 0. The molecular weight excluding hydrogens is 288 g/mol. The molecular formula is C12H17BrO4. The Morgan fingerprint density at radius 3 is 2.00 bits per heavy atom. The van der Waals surface area contributed by atoms with E-state index in [-0.39, 0.29) is 18.3 Å². The molecule has 4 aliphatic rings. The van der Waals surface area contributed by atoms with Gasteiger partial charge < -0.3 is 19.3 Å². The molecule has 5 heteroatoms. The Bertz CT molecular complexity index is 296. The summed E-state index contributed by atoms with van der Waals surface area (Å²) in [4.78, 5) is 0.315. The third-order valence-corrected chi connectivity index (χ3v) is 5.38. The van der Waals surface area contributed by atoms with Gasteiger partial charge in [0, 0.05) is 24.1 Å². The quantitative estimate of drug-likeness (QED) is 0.535. The zero-order chi connectivity index (χ0) is 11.6. The molecule has 0 aromatic carbocycles. The highest BCUT2D eigenvalue weighted by molar-refractivity contribution is 9.09. The molecule has 17 heavy (non-hydrogen) atoms. The van der Waals surface area contributed by atoms with E-state index >= 15 is 0 Å². The molecule has 4 rings (SSSR count). The smallest absolute Gasteiger partial charge is 0.0868 e. The molecule has 0 radical (unpaired) electrons. The van der Waals surface area contributed by atoms with Crippen molar-refractivity contribution in [1.82, 2.24) is 0 Å². The average molecular weight is 305 g/mol. The SMILES string of the molecule is O[C@H]1C[C@H]2O[C@H]2C[C@H]2O[C@@H]1C[C@@H]1O[C@@H]1C[C@@H]2Br. The van der Waals surface area contributed by atoms with E-state index in [4.69, 9.17) is 14.2 Å². The third-order valence-electron chi connectivity index (χ3n) is 4.42. The Labute approximate surface area is 109 Å². The Hall–Kier alpha value is 0.320. The van der Waals surface area contributed by atoms with E-state index in [0.29, 0.717) is 29.6 Å². The van der Waals surface area contributed by atoms with Gasteiger partial charge in [0.25, 0.3) is 0 Å². The van der Waals surface area contributed by atoms with Crippen molar-refractivity contribution >= 4 is 15.9 Å². The van der Waals surface area contributed by atoms with E-state index in [1.54, 1.807) is 0 Å². The second-order valence-electron chi connectivity index (χ2n) is 5.67. The Morgan fingerprint density at radius 2 is 1.24 bits per heavy atom.